The quantitative estimate of drug-likeness (QED) is 0.411. The lowest BCUT2D eigenvalue weighted by molar-refractivity contribution is 0.0954. The van der Waals surface area contributed by atoms with Gasteiger partial charge >= 0.3 is 0 Å². The number of hydrogen-bond donors (Lipinski definition) is 3. The van der Waals surface area contributed by atoms with Crippen LogP contribution in [0.2, 0.25) is 0 Å². The molecule has 0 aliphatic heterocycles. The molecule has 0 heterocycles. The Morgan fingerprint density at radius 2 is 2.10 bits per heavy atom. The topological polar surface area (TPSA) is 53.2 Å². The summed E-state index contributed by atoms with van der Waals surface area (Å²) in [5.74, 6) is -0.0897. The molecule has 1 amide bonds. The lowest BCUT2D eigenvalue weighted by Crippen LogP contribution is -2.30. The number of anilines is 1. The Balaban J connectivity index is 2.69. The van der Waals surface area contributed by atoms with Crippen molar-refractivity contribution in [1.82, 2.24) is 10.6 Å². The van der Waals surface area contributed by atoms with Crippen LogP contribution < -0.4 is 16.0 Å². The molecular weight excluding hydrogens is 270 g/mol. The number of rotatable bonds is 7. The largest absolute Gasteiger partial charge is 0.359 e. The van der Waals surface area contributed by atoms with Gasteiger partial charge < -0.3 is 16.0 Å². The first-order valence-corrected chi connectivity index (χ1v) is 7.12. The van der Waals surface area contributed by atoms with E-state index in [2.05, 4.69) is 29.5 Å². The van der Waals surface area contributed by atoms with Crippen molar-refractivity contribution in [3.8, 4) is 0 Å². The maximum Gasteiger partial charge on any atom is 0.253 e. The molecule has 0 aliphatic carbocycles. The van der Waals surface area contributed by atoms with Crippen LogP contribution in [-0.2, 0) is 0 Å². The van der Waals surface area contributed by atoms with Crippen LogP contribution in [0.1, 0.15) is 30.1 Å². The van der Waals surface area contributed by atoms with Crippen LogP contribution in [0, 0.1) is 0 Å². The van der Waals surface area contributed by atoms with Crippen LogP contribution in [-0.4, -0.2) is 24.1 Å². The lowest BCUT2D eigenvalue weighted by Gasteiger charge is -2.13. The highest BCUT2D eigenvalue weighted by Gasteiger charge is 2.10. The van der Waals surface area contributed by atoms with E-state index in [1.54, 1.807) is 12.1 Å². The first-order chi connectivity index (χ1) is 9.69. The molecule has 0 unspecified atom stereocenters. The van der Waals surface area contributed by atoms with Gasteiger partial charge in [-0.05, 0) is 30.8 Å². The summed E-state index contributed by atoms with van der Waals surface area (Å²) < 4.78 is 0. The third kappa shape index (κ3) is 5.40. The second-order valence-electron chi connectivity index (χ2n) is 4.28. The van der Waals surface area contributed by atoms with Gasteiger partial charge in [-0.3, -0.25) is 4.79 Å². The highest BCUT2D eigenvalue weighted by molar-refractivity contribution is 7.80. The molecule has 0 fully saturated rings. The summed E-state index contributed by atoms with van der Waals surface area (Å²) in [6.07, 6.45) is 3.74. The molecule has 0 atom stereocenters. The normalized spacial score (nSPS) is 9.65. The average Bonchev–Trinajstić information content (AvgIpc) is 2.46. The van der Waals surface area contributed by atoms with Crippen molar-refractivity contribution in [2.24, 2.45) is 0 Å². The minimum absolute atomic E-state index is 0.0897. The van der Waals surface area contributed by atoms with Gasteiger partial charge in [-0.25, -0.2) is 0 Å². The van der Waals surface area contributed by atoms with E-state index < -0.39 is 0 Å². The highest BCUT2D eigenvalue weighted by atomic mass is 32.1. The van der Waals surface area contributed by atoms with Crippen molar-refractivity contribution in [3.05, 3.63) is 42.5 Å². The number of benzene rings is 1. The summed E-state index contributed by atoms with van der Waals surface area (Å²) in [5, 5.41) is 9.37. The molecule has 5 heteroatoms. The van der Waals surface area contributed by atoms with Crippen molar-refractivity contribution in [3.63, 3.8) is 0 Å². The van der Waals surface area contributed by atoms with Gasteiger partial charge in [-0.1, -0.05) is 31.6 Å². The molecule has 1 aromatic carbocycles. The van der Waals surface area contributed by atoms with Crippen molar-refractivity contribution in [1.29, 1.82) is 0 Å². The molecular formula is C15H21N3OS. The van der Waals surface area contributed by atoms with E-state index in [1.807, 2.05) is 18.2 Å². The molecule has 3 N–H and O–H groups in total. The molecule has 108 valence electrons. The van der Waals surface area contributed by atoms with Gasteiger partial charge in [0.2, 0.25) is 0 Å². The Kier molecular flexibility index (Phi) is 7.35. The zero-order chi connectivity index (χ0) is 14.8. The first kappa shape index (κ1) is 16.2. The number of nitrogens with one attached hydrogen (secondary N) is 3. The number of hydrogen-bond acceptors (Lipinski definition) is 2. The molecule has 4 nitrogen and oxygen atoms in total. The molecule has 20 heavy (non-hydrogen) atoms. The summed E-state index contributed by atoms with van der Waals surface area (Å²) >= 11 is 5.15. The van der Waals surface area contributed by atoms with Crippen LogP contribution in [0.3, 0.4) is 0 Å². The summed E-state index contributed by atoms with van der Waals surface area (Å²) in [6.45, 7) is 6.97. The van der Waals surface area contributed by atoms with Crippen molar-refractivity contribution < 1.29 is 4.79 Å². The predicted molar refractivity (Wildman–Crippen MR) is 88.1 cm³/mol. The van der Waals surface area contributed by atoms with Crippen LogP contribution in [0.15, 0.2) is 36.9 Å². The van der Waals surface area contributed by atoms with E-state index in [4.69, 9.17) is 12.2 Å². The maximum atomic E-state index is 12.1. The molecule has 0 spiro atoms. The number of para-hydroxylation sites is 1. The molecule has 1 aromatic rings. The van der Waals surface area contributed by atoms with E-state index in [1.165, 1.54) is 0 Å². The third-order valence-electron chi connectivity index (χ3n) is 2.64. The Hall–Kier alpha value is -1.88. The minimum atomic E-state index is -0.0897. The van der Waals surface area contributed by atoms with Gasteiger partial charge in [0.25, 0.3) is 5.91 Å². The van der Waals surface area contributed by atoms with Gasteiger partial charge in [-0.15, -0.1) is 6.58 Å². The van der Waals surface area contributed by atoms with Gasteiger partial charge in [0.15, 0.2) is 5.11 Å². The van der Waals surface area contributed by atoms with Crippen LogP contribution >= 0.6 is 12.2 Å². The zero-order valence-corrected chi connectivity index (χ0v) is 12.6. The second-order valence-corrected chi connectivity index (χ2v) is 4.69. The van der Waals surface area contributed by atoms with Crippen LogP contribution in [0.4, 0.5) is 5.69 Å². The predicted octanol–water partition coefficient (Wildman–Crippen LogP) is 2.69. The maximum absolute atomic E-state index is 12.1. The van der Waals surface area contributed by atoms with Crippen LogP contribution in [0.5, 0.6) is 0 Å². The minimum Gasteiger partial charge on any atom is -0.359 e. The summed E-state index contributed by atoms with van der Waals surface area (Å²) in [4.78, 5) is 12.1. The second kappa shape index (κ2) is 9.09. The van der Waals surface area contributed by atoms with Crippen molar-refractivity contribution in [2.75, 3.05) is 18.4 Å². The van der Waals surface area contributed by atoms with E-state index in [0.717, 1.165) is 12.8 Å². The smallest absolute Gasteiger partial charge is 0.253 e. The van der Waals surface area contributed by atoms with Crippen molar-refractivity contribution >= 4 is 28.9 Å². The summed E-state index contributed by atoms with van der Waals surface area (Å²) in [7, 11) is 0. The van der Waals surface area contributed by atoms with Crippen LogP contribution in [0.25, 0.3) is 0 Å². The molecule has 0 radical (unpaired) electrons. The molecule has 0 aliphatic rings. The van der Waals surface area contributed by atoms with Gasteiger partial charge in [0.1, 0.15) is 0 Å². The van der Waals surface area contributed by atoms with E-state index in [-0.39, 0.29) is 5.91 Å². The Labute approximate surface area is 125 Å². The fourth-order valence-electron chi connectivity index (χ4n) is 1.60. The molecule has 1 rings (SSSR count). The lowest BCUT2D eigenvalue weighted by atomic mass is 10.1. The average molecular weight is 291 g/mol. The van der Waals surface area contributed by atoms with E-state index in [0.29, 0.717) is 29.5 Å². The first-order valence-electron chi connectivity index (χ1n) is 6.72. The fourth-order valence-corrected chi connectivity index (χ4v) is 1.79. The Bertz CT molecular complexity index is 474. The fraction of sp³-hybridized carbons (Fsp3) is 0.333. The molecule has 0 saturated heterocycles. The summed E-state index contributed by atoms with van der Waals surface area (Å²) in [5.41, 5.74) is 1.29. The summed E-state index contributed by atoms with van der Waals surface area (Å²) in [6, 6.07) is 7.30. The van der Waals surface area contributed by atoms with Gasteiger partial charge in [-0.2, -0.15) is 0 Å². The number of unbranched alkanes of at least 4 members (excludes halogenated alkanes) is 1. The van der Waals surface area contributed by atoms with Gasteiger partial charge in [0.05, 0.1) is 11.3 Å². The molecule has 0 bridgehead atoms. The third-order valence-corrected chi connectivity index (χ3v) is 2.89. The number of carbonyl (C=O) groups is 1. The Morgan fingerprint density at radius 3 is 2.80 bits per heavy atom. The number of thiocarbonyl (C=S) groups is 1. The highest BCUT2D eigenvalue weighted by Crippen LogP contribution is 2.14. The molecule has 0 aromatic heterocycles. The van der Waals surface area contributed by atoms with Crippen molar-refractivity contribution in [2.45, 2.75) is 19.8 Å². The zero-order valence-electron chi connectivity index (χ0n) is 11.7. The van der Waals surface area contributed by atoms with E-state index in [9.17, 15) is 4.79 Å². The monoisotopic (exact) mass is 291 g/mol. The number of carbonyl (C=O) groups excluding carboxylic acids is 1. The Morgan fingerprint density at radius 1 is 1.35 bits per heavy atom. The standard InChI is InChI=1S/C15H21N3OS/c1-3-5-11-16-14(19)12-8-6-7-9-13(12)18-15(20)17-10-4-2/h4,6-9H,2-3,5,10-11H2,1H3,(H,16,19)(H2,17,18,20). The number of amides is 1. The van der Waals surface area contributed by atoms with E-state index >= 15 is 0 Å². The SMILES string of the molecule is C=CCNC(=S)Nc1ccccc1C(=O)NCCCC. The molecule has 0 saturated carbocycles. The van der Waals surface area contributed by atoms with Gasteiger partial charge in [0, 0.05) is 13.1 Å².